The summed E-state index contributed by atoms with van der Waals surface area (Å²) in [5, 5.41) is 0. The van der Waals surface area contributed by atoms with Crippen LogP contribution in [-0.4, -0.2) is 40.7 Å². The Hall–Kier alpha value is -1.83. The second kappa shape index (κ2) is 6.74. The minimum Gasteiger partial charge on any atom is -0.356 e. The van der Waals surface area contributed by atoms with E-state index in [1.807, 2.05) is 4.90 Å². The number of amides is 3. The van der Waals surface area contributed by atoms with Gasteiger partial charge in [0.1, 0.15) is 5.69 Å². The maximum absolute atomic E-state index is 12.1. The molecule has 3 rings (SSSR count). The average molecular weight is 383 g/mol. The van der Waals surface area contributed by atoms with E-state index in [0.29, 0.717) is 31.6 Å². The summed E-state index contributed by atoms with van der Waals surface area (Å²) in [5.74, 6) is -0.323. The number of piperidine rings is 1. The summed E-state index contributed by atoms with van der Waals surface area (Å²) in [7, 11) is 0. The number of halogens is 1. The van der Waals surface area contributed by atoms with E-state index in [2.05, 4.69) is 31.8 Å². The number of hydrogen-bond acceptors (Lipinski definition) is 3. The quantitative estimate of drug-likeness (QED) is 0.685. The first-order valence-electron chi connectivity index (χ1n) is 7.77. The van der Waals surface area contributed by atoms with Crippen LogP contribution in [0, 0.1) is 11.8 Å². The molecule has 23 heavy (non-hydrogen) atoms. The van der Waals surface area contributed by atoms with E-state index in [-0.39, 0.29) is 23.7 Å². The van der Waals surface area contributed by atoms with Crippen LogP contribution in [0.2, 0.25) is 0 Å². The number of aromatic amines is 1. The summed E-state index contributed by atoms with van der Waals surface area (Å²) in [4.78, 5) is 40.6. The largest absolute Gasteiger partial charge is 0.356 e. The van der Waals surface area contributed by atoms with Crippen LogP contribution in [0.15, 0.2) is 16.7 Å². The molecule has 1 aromatic rings. The highest BCUT2D eigenvalue weighted by atomic mass is 79.9. The summed E-state index contributed by atoms with van der Waals surface area (Å²) in [5.41, 5.74) is 5.23. The van der Waals surface area contributed by atoms with Crippen molar-refractivity contribution < 1.29 is 14.4 Å². The maximum atomic E-state index is 12.1. The molecule has 1 aliphatic carbocycles. The molecule has 0 bridgehead atoms. The van der Waals surface area contributed by atoms with Crippen molar-refractivity contribution in [2.45, 2.75) is 25.7 Å². The van der Waals surface area contributed by atoms with E-state index in [9.17, 15) is 14.4 Å². The lowest BCUT2D eigenvalue weighted by Gasteiger charge is -2.31. The first-order chi connectivity index (χ1) is 11.0. The topological polar surface area (TPSA) is 94.3 Å². The zero-order valence-corrected chi connectivity index (χ0v) is 14.2. The zero-order chi connectivity index (χ0) is 16.4. The van der Waals surface area contributed by atoms with E-state index < -0.39 is 5.91 Å². The molecular weight excluding hydrogens is 364 g/mol. The van der Waals surface area contributed by atoms with Crippen LogP contribution in [0.4, 0.5) is 0 Å². The van der Waals surface area contributed by atoms with Crippen LogP contribution in [0.5, 0.6) is 0 Å². The summed E-state index contributed by atoms with van der Waals surface area (Å²) in [6.45, 7) is 1.23. The van der Waals surface area contributed by atoms with E-state index in [4.69, 9.17) is 0 Å². The zero-order valence-electron chi connectivity index (χ0n) is 12.6. The summed E-state index contributed by atoms with van der Waals surface area (Å²) < 4.78 is 0.765. The highest BCUT2D eigenvalue weighted by molar-refractivity contribution is 9.10. The molecule has 0 aromatic carbocycles. The van der Waals surface area contributed by atoms with Gasteiger partial charge in [-0.15, -0.1) is 0 Å². The third-order valence-electron chi connectivity index (χ3n) is 4.30. The van der Waals surface area contributed by atoms with Gasteiger partial charge in [-0.25, -0.2) is 0 Å². The van der Waals surface area contributed by atoms with Gasteiger partial charge in [0.25, 0.3) is 5.91 Å². The van der Waals surface area contributed by atoms with Crippen LogP contribution >= 0.6 is 15.9 Å². The van der Waals surface area contributed by atoms with E-state index >= 15 is 0 Å². The van der Waals surface area contributed by atoms with Gasteiger partial charge in [0.05, 0.1) is 0 Å². The van der Waals surface area contributed by atoms with E-state index in [1.165, 1.54) is 0 Å². The highest BCUT2D eigenvalue weighted by Crippen LogP contribution is 2.32. The predicted octanol–water partition coefficient (Wildman–Crippen LogP) is 1.19. The molecular formula is C15H19BrN4O3. The van der Waals surface area contributed by atoms with E-state index in [1.54, 1.807) is 12.3 Å². The van der Waals surface area contributed by atoms with Crippen molar-refractivity contribution in [3.63, 3.8) is 0 Å². The molecule has 0 atom stereocenters. The minimum atomic E-state index is -0.398. The Balaban J connectivity index is 1.42. The fourth-order valence-electron chi connectivity index (χ4n) is 2.74. The number of nitrogens with one attached hydrogen (secondary N) is 3. The maximum Gasteiger partial charge on any atom is 0.286 e. The second-order valence-electron chi connectivity index (χ2n) is 6.05. The van der Waals surface area contributed by atoms with Crippen molar-refractivity contribution in [2.75, 3.05) is 13.1 Å². The molecule has 3 N–H and O–H groups in total. The molecule has 3 amide bonds. The van der Waals surface area contributed by atoms with Crippen molar-refractivity contribution in [3.8, 4) is 0 Å². The number of hydrogen-bond donors (Lipinski definition) is 3. The normalized spacial score (nSPS) is 18.6. The number of rotatable bonds is 3. The lowest BCUT2D eigenvalue weighted by Crippen LogP contribution is -2.48. The van der Waals surface area contributed by atoms with Crippen LogP contribution < -0.4 is 10.9 Å². The van der Waals surface area contributed by atoms with Crippen molar-refractivity contribution in [3.05, 3.63) is 22.4 Å². The van der Waals surface area contributed by atoms with Crippen LogP contribution in [0.3, 0.4) is 0 Å². The monoisotopic (exact) mass is 382 g/mol. The van der Waals surface area contributed by atoms with Gasteiger partial charge in [-0.05, 0) is 47.7 Å². The van der Waals surface area contributed by atoms with Gasteiger partial charge < -0.3 is 9.88 Å². The van der Waals surface area contributed by atoms with Gasteiger partial charge in [-0.2, -0.15) is 0 Å². The Morgan fingerprint density at radius 2 is 1.78 bits per heavy atom. The van der Waals surface area contributed by atoms with Crippen LogP contribution in [-0.2, 0) is 9.59 Å². The Labute approximate surface area is 142 Å². The number of H-pyrrole nitrogens is 1. The van der Waals surface area contributed by atoms with Crippen molar-refractivity contribution in [2.24, 2.45) is 11.8 Å². The number of nitrogens with zero attached hydrogens (tertiary/aromatic N) is 1. The number of hydrazine groups is 1. The summed E-state index contributed by atoms with van der Waals surface area (Å²) >= 11 is 3.24. The number of carbonyl (C=O) groups excluding carboxylic acids is 3. The molecule has 0 spiro atoms. The number of likely N-dealkylation sites (tertiary alicyclic amines) is 1. The molecule has 2 heterocycles. The van der Waals surface area contributed by atoms with Gasteiger partial charge in [0, 0.05) is 35.6 Å². The Morgan fingerprint density at radius 3 is 2.35 bits per heavy atom. The van der Waals surface area contributed by atoms with Crippen molar-refractivity contribution >= 4 is 33.7 Å². The minimum absolute atomic E-state index is 0.172. The average Bonchev–Trinajstić information content (AvgIpc) is 3.33. The third-order valence-corrected chi connectivity index (χ3v) is 4.75. The number of aromatic nitrogens is 1. The lowest BCUT2D eigenvalue weighted by atomic mass is 9.96. The molecule has 1 aromatic heterocycles. The van der Waals surface area contributed by atoms with Crippen molar-refractivity contribution in [1.82, 2.24) is 20.7 Å². The molecule has 1 aliphatic heterocycles. The fraction of sp³-hybridized carbons (Fsp3) is 0.533. The number of carbonyl (C=O) groups is 3. The van der Waals surface area contributed by atoms with Gasteiger partial charge in [0.15, 0.2) is 0 Å². The van der Waals surface area contributed by atoms with Gasteiger partial charge in [0.2, 0.25) is 11.8 Å². The molecule has 2 fully saturated rings. The first kappa shape index (κ1) is 16.0. The molecule has 124 valence electrons. The van der Waals surface area contributed by atoms with Gasteiger partial charge >= 0.3 is 0 Å². The van der Waals surface area contributed by atoms with Gasteiger partial charge in [-0.1, -0.05) is 0 Å². The first-order valence-corrected chi connectivity index (χ1v) is 8.57. The molecule has 8 heteroatoms. The smallest absolute Gasteiger partial charge is 0.286 e. The second-order valence-corrected chi connectivity index (χ2v) is 6.96. The Morgan fingerprint density at radius 1 is 1.09 bits per heavy atom. The van der Waals surface area contributed by atoms with Crippen LogP contribution in [0.25, 0.3) is 0 Å². The van der Waals surface area contributed by atoms with Crippen LogP contribution in [0.1, 0.15) is 36.2 Å². The molecule has 7 nitrogen and oxygen atoms in total. The van der Waals surface area contributed by atoms with Gasteiger partial charge in [-0.3, -0.25) is 25.2 Å². The molecule has 1 saturated heterocycles. The highest BCUT2D eigenvalue weighted by Gasteiger charge is 2.36. The fourth-order valence-corrected chi connectivity index (χ4v) is 3.08. The molecule has 0 unspecified atom stereocenters. The third kappa shape index (κ3) is 3.93. The Bertz CT molecular complexity index is 618. The molecule has 1 saturated carbocycles. The lowest BCUT2D eigenvalue weighted by molar-refractivity contribution is -0.136. The standard InChI is InChI=1S/C15H19BrN4O3/c16-11-7-12(17-8-11)14(22)19-18-13(21)9-3-5-20(6-4-9)15(23)10-1-2-10/h7-10,17H,1-6H2,(H,18,21)(H,19,22). The van der Waals surface area contributed by atoms with Crippen molar-refractivity contribution in [1.29, 1.82) is 0 Å². The Kier molecular flexibility index (Phi) is 4.70. The summed E-state index contributed by atoms with van der Waals surface area (Å²) in [6, 6.07) is 1.63. The summed E-state index contributed by atoms with van der Waals surface area (Å²) in [6.07, 6.45) is 4.91. The van der Waals surface area contributed by atoms with E-state index in [0.717, 1.165) is 17.3 Å². The predicted molar refractivity (Wildman–Crippen MR) is 86.1 cm³/mol. The SMILES string of the molecule is O=C(NNC(=O)C1CCN(C(=O)C2CC2)CC1)c1cc(Br)c[nH]1. The molecule has 2 aliphatic rings. The molecule has 0 radical (unpaired) electrons.